The molecule has 0 heterocycles. The van der Waals surface area contributed by atoms with Gasteiger partial charge in [-0.15, -0.1) is 0 Å². The number of quaternary nitrogens is 1. The lowest BCUT2D eigenvalue weighted by Gasteiger charge is -2.30. The number of carbonyl (C=O) groups excluding carboxylic acids is 2. The van der Waals surface area contributed by atoms with Gasteiger partial charge in [0.15, 0.2) is 0 Å². The van der Waals surface area contributed by atoms with E-state index in [0.717, 1.165) is 89.9 Å². The number of phosphoric acid groups is 1. The van der Waals surface area contributed by atoms with Crippen molar-refractivity contribution >= 4 is 19.7 Å². The summed E-state index contributed by atoms with van der Waals surface area (Å²) in [7, 11) is 1.14. The number of nitrogens with one attached hydrogen (secondary N) is 1. The van der Waals surface area contributed by atoms with Gasteiger partial charge in [0.2, 0.25) is 5.91 Å². The summed E-state index contributed by atoms with van der Waals surface area (Å²) in [6.45, 7) is 6.66. The number of carbonyl (C=O) groups is 2. The molecule has 3 unspecified atom stereocenters. The zero-order valence-electron chi connectivity index (χ0n) is 51.8. The quantitative estimate of drug-likeness (QED) is 0.0212. The van der Waals surface area contributed by atoms with Gasteiger partial charge in [0.05, 0.1) is 33.8 Å². The Morgan fingerprint density at radius 1 is 0.456 bits per heavy atom. The van der Waals surface area contributed by atoms with Crippen molar-refractivity contribution in [1.82, 2.24) is 5.32 Å². The molecular weight excluding hydrogens is 1000 g/mol. The maximum absolute atomic E-state index is 13.6. The van der Waals surface area contributed by atoms with Crippen molar-refractivity contribution in [3.8, 4) is 0 Å². The first kappa shape index (κ1) is 75.7. The number of amides is 1. The first-order valence-corrected chi connectivity index (χ1v) is 33.7. The van der Waals surface area contributed by atoms with Gasteiger partial charge < -0.3 is 28.5 Å². The van der Waals surface area contributed by atoms with E-state index in [1.54, 1.807) is 6.08 Å². The first-order valence-electron chi connectivity index (χ1n) is 32.2. The van der Waals surface area contributed by atoms with Crippen LogP contribution in [0.3, 0.4) is 0 Å². The summed E-state index contributed by atoms with van der Waals surface area (Å²) in [4.78, 5) is 40.0. The molecule has 454 valence electrons. The van der Waals surface area contributed by atoms with Crippen LogP contribution < -0.4 is 10.2 Å². The molecule has 3 atom stereocenters. The second-order valence-corrected chi connectivity index (χ2v) is 23.9. The number of phosphoric ester groups is 1. The number of hydrogen-bond acceptors (Lipinski definition) is 7. The van der Waals surface area contributed by atoms with Crippen molar-refractivity contribution in [1.29, 1.82) is 0 Å². The topological polar surface area (TPSA) is 114 Å². The van der Waals surface area contributed by atoms with Crippen LogP contribution in [0.1, 0.15) is 265 Å². The lowest BCUT2D eigenvalue weighted by molar-refractivity contribution is -0.870. The summed E-state index contributed by atoms with van der Waals surface area (Å²) in [5.74, 6) is -0.643. The molecule has 0 fully saturated rings. The largest absolute Gasteiger partial charge is 0.756 e. The van der Waals surface area contributed by atoms with Crippen molar-refractivity contribution < 1.29 is 37.3 Å². The molecule has 0 aliphatic rings. The number of hydrogen-bond donors (Lipinski definition) is 1. The Hall–Kier alpha value is -3.33. The van der Waals surface area contributed by atoms with Crippen molar-refractivity contribution in [3.05, 3.63) is 109 Å². The summed E-state index contributed by atoms with van der Waals surface area (Å²) >= 11 is 0. The number of esters is 1. The Bertz CT molecular complexity index is 1720. The van der Waals surface area contributed by atoms with Crippen LogP contribution in [0.4, 0.5) is 0 Å². The van der Waals surface area contributed by atoms with Gasteiger partial charge in [0.25, 0.3) is 7.82 Å². The van der Waals surface area contributed by atoms with Gasteiger partial charge in [0.1, 0.15) is 19.3 Å². The third-order valence-electron chi connectivity index (χ3n) is 13.7. The standard InChI is InChI=1S/C69H121N2O7P/c1-7-10-13-16-19-22-25-28-30-32-34-35-37-38-40-43-46-49-52-55-58-61-68(72)70-66(65-77-79(74,75)76-64-63-71(4,5)6)67(60-57-54-51-48-45-42-27-24-21-18-15-12-9-3)78-69(73)62-59-56-53-50-47-44-41-39-36-33-31-29-26-23-20-17-14-11-8-2/h11,14,19-20,22-23,28-31,36,39,44,47,53,56-57,60,66-67H,7-10,12-13,15-18,21,24-27,32-35,37-38,40-43,45-46,48-52,54-55,58-59,61-65H2,1-6H3,(H-,70,72,74,75)/b14-11-,22-19-,23-20-,30-28-,31-29-,39-36-,47-44-,56-53-,60-57+. The van der Waals surface area contributed by atoms with Crippen LogP contribution in [-0.4, -0.2) is 69.4 Å². The van der Waals surface area contributed by atoms with Crippen LogP contribution >= 0.6 is 7.82 Å². The van der Waals surface area contributed by atoms with Crippen molar-refractivity contribution in [2.24, 2.45) is 0 Å². The zero-order valence-corrected chi connectivity index (χ0v) is 52.7. The monoisotopic (exact) mass is 1120 g/mol. The highest BCUT2D eigenvalue weighted by atomic mass is 31.2. The van der Waals surface area contributed by atoms with Gasteiger partial charge in [0, 0.05) is 12.8 Å². The lowest BCUT2D eigenvalue weighted by atomic mass is 10.0. The molecule has 0 saturated heterocycles. The van der Waals surface area contributed by atoms with E-state index in [2.05, 4.69) is 111 Å². The summed E-state index contributed by atoms with van der Waals surface area (Å²) < 4.78 is 30.3. The fraction of sp³-hybridized carbons (Fsp3) is 0.710. The van der Waals surface area contributed by atoms with Gasteiger partial charge in [-0.1, -0.05) is 259 Å². The van der Waals surface area contributed by atoms with Crippen LogP contribution in [0.2, 0.25) is 0 Å². The van der Waals surface area contributed by atoms with E-state index < -0.39 is 32.5 Å². The molecule has 0 radical (unpaired) electrons. The molecule has 1 amide bonds. The lowest BCUT2D eigenvalue weighted by Crippen LogP contribution is -2.47. The van der Waals surface area contributed by atoms with Gasteiger partial charge in [-0.2, -0.15) is 0 Å². The minimum absolute atomic E-state index is 0.0386. The summed E-state index contributed by atoms with van der Waals surface area (Å²) in [5.41, 5.74) is 0. The van der Waals surface area contributed by atoms with E-state index in [-0.39, 0.29) is 18.9 Å². The normalized spacial score (nSPS) is 14.4. The van der Waals surface area contributed by atoms with E-state index in [1.165, 1.54) is 135 Å². The SMILES string of the molecule is CC/C=C\C/C=C\C/C=C\C/C=C\C/C=C\C/C=C\CCC(=O)OC(/C=C/CCCCCCCCCCCCC)C(COP(=O)([O-])OCC[N+](C)(C)C)NC(=O)CCCCCCCCCCCCC/C=C\C/C=C\CCCCC. The summed E-state index contributed by atoms with van der Waals surface area (Å²) in [6, 6.07) is -0.927. The molecule has 9 nitrogen and oxygen atoms in total. The Balaban J connectivity index is 5.35. The predicted octanol–water partition coefficient (Wildman–Crippen LogP) is 19.5. The second kappa shape index (κ2) is 57.9. The molecule has 0 saturated carbocycles. The Kier molecular flexibility index (Phi) is 55.4. The Morgan fingerprint density at radius 3 is 1.27 bits per heavy atom. The predicted molar refractivity (Wildman–Crippen MR) is 339 cm³/mol. The third-order valence-corrected chi connectivity index (χ3v) is 14.7. The minimum Gasteiger partial charge on any atom is -0.756 e. The molecule has 0 aromatic heterocycles. The Morgan fingerprint density at radius 2 is 0.823 bits per heavy atom. The molecule has 79 heavy (non-hydrogen) atoms. The number of likely N-dealkylation sites (N-methyl/N-ethyl adjacent to an activating group) is 1. The highest BCUT2D eigenvalue weighted by Crippen LogP contribution is 2.38. The maximum atomic E-state index is 13.6. The summed E-state index contributed by atoms with van der Waals surface area (Å²) in [6.07, 6.45) is 79.3. The van der Waals surface area contributed by atoms with E-state index in [0.29, 0.717) is 23.9 Å². The van der Waals surface area contributed by atoms with Gasteiger partial charge in [-0.25, -0.2) is 0 Å². The van der Waals surface area contributed by atoms with Crippen LogP contribution in [0.5, 0.6) is 0 Å². The third kappa shape index (κ3) is 59.1. The van der Waals surface area contributed by atoms with Crippen molar-refractivity contribution in [3.63, 3.8) is 0 Å². The van der Waals surface area contributed by atoms with E-state index in [4.69, 9.17) is 13.8 Å². The molecule has 0 spiro atoms. The number of rotatable bonds is 57. The number of ether oxygens (including phenoxy) is 1. The molecule has 0 rings (SSSR count). The van der Waals surface area contributed by atoms with E-state index in [9.17, 15) is 19.0 Å². The highest BCUT2D eigenvalue weighted by molar-refractivity contribution is 7.45. The highest BCUT2D eigenvalue weighted by Gasteiger charge is 2.27. The van der Waals surface area contributed by atoms with Crippen molar-refractivity contribution in [2.75, 3.05) is 40.9 Å². The van der Waals surface area contributed by atoms with Crippen LogP contribution in [0, 0.1) is 0 Å². The number of allylic oxidation sites excluding steroid dienone is 17. The summed E-state index contributed by atoms with van der Waals surface area (Å²) in [5, 5.41) is 3.01. The minimum atomic E-state index is -4.72. The molecule has 0 aromatic carbocycles. The molecule has 0 bridgehead atoms. The molecule has 0 aliphatic carbocycles. The fourth-order valence-corrected chi connectivity index (χ4v) is 9.48. The first-order chi connectivity index (χ1) is 38.4. The average Bonchev–Trinajstić information content (AvgIpc) is 3.41. The second-order valence-electron chi connectivity index (χ2n) is 22.5. The fourth-order valence-electron chi connectivity index (χ4n) is 8.75. The van der Waals surface area contributed by atoms with Crippen molar-refractivity contribution in [2.45, 2.75) is 277 Å². The average molecular weight is 1120 g/mol. The Labute approximate surface area is 487 Å². The molecular formula is C69H121N2O7P. The zero-order chi connectivity index (χ0) is 57.9. The van der Waals surface area contributed by atoms with Gasteiger partial charge in [-0.3, -0.25) is 14.2 Å². The number of unbranched alkanes of at least 4 members (excludes halogenated alkanes) is 25. The van der Waals surface area contributed by atoms with Crippen LogP contribution in [0.25, 0.3) is 0 Å². The van der Waals surface area contributed by atoms with Gasteiger partial charge >= 0.3 is 5.97 Å². The van der Waals surface area contributed by atoms with Crippen LogP contribution in [-0.2, 0) is 27.9 Å². The smallest absolute Gasteiger partial charge is 0.306 e. The molecule has 1 N–H and O–H groups in total. The van der Waals surface area contributed by atoms with Gasteiger partial charge in [-0.05, 0) is 102 Å². The van der Waals surface area contributed by atoms with E-state index in [1.807, 2.05) is 39.4 Å². The number of nitrogens with zero attached hydrogens (tertiary/aromatic N) is 1. The van der Waals surface area contributed by atoms with Crippen LogP contribution in [0.15, 0.2) is 109 Å². The van der Waals surface area contributed by atoms with E-state index >= 15 is 0 Å². The molecule has 10 heteroatoms. The maximum Gasteiger partial charge on any atom is 0.306 e. The molecule has 0 aromatic rings. The molecule has 0 aliphatic heterocycles.